The van der Waals surface area contributed by atoms with Crippen molar-refractivity contribution in [3.05, 3.63) is 192 Å². The van der Waals surface area contributed by atoms with E-state index >= 15 is 0 Å². The van der Waals surface area contributed by atoms with Gasteiger partial charge in [0.2, 0.25) is 0 Å². The molecule has 0 amide bonds. The summed E-state index contributed by atoms with van der Waals surface area (Å²) in [6.07, 6.45) is 0. The zero-order valence-electron chi connectivity index (χ0n) is 30.4. The van der Waals surface area contributed by atoms with Crippen molar-refractivity contribution < 1.29 is 9.29 Å². The summed E-state index contributed by atoms with van der Waals surface area (Å²) < 4.78 is 6.46. The van der Waals surface area contributed by atoms with Crippen molar-refractivity contribution in [2.45, 2.75) is 49.2 Å². The molecule has 53 heavy (non-hydrogen) atoms. The van der Waals surface area contributed by atoms with Crippen LogP contribution in [0.5, 0.6) is 0 Å². The number of fused-ring (bicyclic) bond motifs is 10. The lowest BCUT2D eigenvalue weighted by Crippen LogP contribution is -2.45. The standard InChI is InChI=1S/C49H41NO2S/c1-47(2,51)48(3,4)52-53-45-25-15-24-43-46(45)40-21-12-14-23-42(40)49(43)41-22-13-11-20-38(41)39-31-30-37(32-44(39)49)50(35-18-9-6-10-19-35)36-28-26-34(27-29-36)33-16-7-5-8-17-33/h5-32,51H,1-4H3. The van der Waals surface area contributed by atoms with E-state index in [2.05, 4.69) is 175 Å². The Morgan fingerprint density at radius 3 is 1.72 bits per heavy atom. The van der Waals surface area contributed by atoms with Crippen LogP contribution in [0.2, 0.25) is 0 Å². The predicted molar refractivity (Wildman–Crippen MR) is 220 cm³/mol. The van der Waals surface area contributed by atoms with E-state index in [1.807, 2.05) is 13.8 Å². The number of para-hydroxylation sites is 1. The van der Waals surface area contributed by atoms with Crippen LogP contribution in [-0.2, 0) is 9.60 Å². The first-order valence-electron chi connectivity index (χ1n) is 18.2. The van der Waals surface area contributed by atoms with Crippen LogP contribution in [0.4, 0.5) is 17.1 Å². The molecular formula is C49H41NO2S. The lowest BCUT2D eigenvalue weighted by Gasteiger charge is -2.36. The van der Waals surface area contributed by atoms with E-state index in [9.17, 15) is 5.11 Å². The molecule has 7 aromatic rings. The van der Waals surface area contributed by atoms with Crippen LogP contribution >= 0.6 is 12.0 Å². The fourth-order valence-corrected chi connectivity index (χ4v) is 9.00. The number of hydrogen-bond acceptors (Lipinski definition) is 4. The molecule has 0 aromatic heterocycles. The number of rotatable bonds is 8. The maximum absolute atomic E-state index is 10.9. The van der Waals surface area contributed by atoms with Crippen molar-refractivity contribution in [2.24, 2.45) is 0 Å². The summed E-state index contributed by atoms with van der Waals surface area (Å²) >= 11 is 1.36. The normalized spacial score (nSPS) is 15.5. The third-order valence-corrected chi connectivity index (χ3v) is 12.4. The largest absolute Gasteiger partial charge is 0.387 e. The zero-order valence-corrected chi connectivity index (χ0v) is 31.2. The van der Waals surface area contributed by atoms with Crippen molar-refractivity contribution >= 4 is 29.1 Å². The Labute approximate surface area is 316 Å². The molecule has 7 aromatic carbocycles. The molecule has 260 valence electrons. The molecule has 0 aliphatic heterocycles. The van der Waals surface area contributed by atoms with Gasteiger partial charge in [0.25, 0.3) is 0 Å². The molecule has 2 aliphatic rings. The van der Waals surface area contributed by atoms with Gasteiger partial charge in [0, 0.05) is 39.6 Å². The van der Waals surface area contributed by atoms with Gasteiger partial charge in [-0.3, -0.25) is 0 Å². The van der Waals surface area contributed by atoms with Crippen molar-refractivity contribution in [2.75, 3.05) is 4.90 Å². The quantitative estimate of drug-likeness (QED) is 0.159. The lowest BCUT2D eigenvalue weighted by molar-refractivity contribution is -0.0813. The Morgan fingerprint density at radius 1 is 0.491 bits per heavy atom. The van der Waals surface area contributed by atoms with E-state index in [-0.39, 0.29) is 0 Å². The lowest BCUT2D eigenvalue weighted by atomic mass is 9.70. The summed E-state index contributed by atoms with van der Waals surface area (Å²) in [5, 5.41) is 10.9. The molecule has 0 fully saturated rings. The smallest absolute Gasteiger partial charge is 0.106 e. The SMILES string of the molecule is CC(C)(O)C(C)(C)OSc1cccc2c1-c1ccccc1C21c2ccccc2-c2ccc(N(c3ccccc3)c3ccc(-c4ccccc4)cc3)cc21. The van der Waals surface area contributed by atoms with Gasteiger partial charge in [-0.05, 0) is 120 Å². The molecule has 4 heteroatoms. The summed E-state index contributed by atoms with van der Waals surface area (Å²) in [5.41, 5.74) is 13.3. The van der Waals surface area contributed by atoms with Crippen LogP contribution in [-0.4, -0.2) is 16.3 Å². The Kier molecular flexibility index (Phi) is 7.97. The highest BCUT2D eigenvalue weighted by molar-refractivity contribution is 7.94. The van der Waals surface area contributed by atoms with E-state index in [4.69, 9.17) is 4.18 Å². The Bertz CT molecular complexity index is 2470. The van der Waals surface area contributed by atoms with Gasteiger partial charge in [0.15, 0.2) is 0 Å². The Hall–Kier alpha value is -5.39. The average Bonchev–Trinajstić information content (AvgIpc) is 3.65. The zero-order chi connectivity index (χ0) is 36.4. The first-order chi connectivity index (χ1) is 25.7. The highest BCUT2D eigenvalue weighted by Crippen LogP contribution is 2.64. The van der Waals surface area contributed by atoms with Crippen LogP contribution in [0.25, 0.3) is 33.4 Å². The van der Waals surface area contributed by atoms with Gasteiger partial charge >= 0.3 is 0 Å². The molecule has 0 saturated heterocycles. The van der Waals surface area contributed by atoms with Crippen LogP contribution in [0, 0.1) is 0 Å². The summed E-state index contributed by atoms with van der Waals surface area (Å²) in [4.78, 5) is 3.41. The van der Waals surface area contributed by atoms with Crippen molar-refractivity contribution in [1.29, 1.82) is 0 Å². The highest BCUT2D eigenvalue weighted by atomic mass is 32.2. The summed E-state index contributed by atoms with van der Waals surface area (Å²) in [6, 6.07) is 61.5. The summed E-state index contributed by atoms with van der Waals surface area (Å²) in [6.45, 7) is 7.48. The van der Waals surface area contributed by atoms with Crippen LogP contribution in [0.15, 0.2) is 175 Å². The molecule has 9 rings (SSSR count). The second-order valence-electron chi connectivity index (χ2n) is 15.1. The maximum atomic E-state index is 10.9. The monoisotopic (exact) mass is 707 g/mol. The molecule has 0 radical (unpaired) electrons. The van der Waals surface area contributed by atoms with Crippen LogP contribution < -0.4 is 4.90 Å². The van der Waals surface area contributed by atoms with Gasteiger partial charge in [-0.25, -0.2) is 0 Å². The number of benzene rings is 7. The average molecular weight is 708 g/mol. The van der Waals surface area contributed by atoms with E-state index in [0.29, 0.717) is 0 Å². The Morgan fingerprint density at radius 2 is 1.02 bits per heavy atom. The third-order valence-electron chi connectivity index (χ3n) is 11.4. The molecule has 0 heterocycles. The van der Waals surface area contributed by atoms with Gasteiger partial charge in [-0.15, -0.1) is 0 Å². The first kappa shape index (κ1) is 33.4. The molecule has 1 atom stereocenters. The van der Waals surface area contributed by atoms with Crippen LogP contribution in [0.1, 0.15) is 49.9 Å². The number of anilines is 3. The van der Waals surface area contributed by atoms with E-state index in [0.717, 1.165) is 22.0 Å². The number of hydrogen-bond donors (Lipinski definition) is 1. The van der Waals surface area contributed by atoms with Crippen molar-refractivity contribution in [3.63, 3.8) is 0 Å². The Balaban J connectivity index is 1.24. The van der Waals surface area contributed by atoms with Gasteiger partial charge in [-0.1, -0.05) is 127 Å². The molecule has 2 aliphatic carbocycles. The van der Waals surface area contributed by atoms with Crippen molar-refractivity contribution in [3.8, 4) is 33.4 Å². The third kappa shape index (κ3) is 5.27. The first-order valence-corrected chi connectivity index (χ1v) is 19.0. The van der Waals surface area contributed by atoms with Gasteiger partial charge < -0.3 is 14.2 Å². The van der Waals surface area contributed by atoms with Crippen LogP contribution in [0.3, 0.4) is 0 Å². The van der Waals surface area contributed by atoms with Gasteiger partial charge in [0.1, 0.15) is 5.60 Å². The topological polar surface area (TPSA) is 32.7 Å². The van der Waals surface area contributed by atoms with E-state index < -0.39 is 16.6 Å². The van der Waals surface area contributed by atoms with E-state index in [1.165, 1.54) is 67.7 Å². The number of aliphatic hydroxyl groups is 1. The van der Waals surface area contributed by atoms with E-state index in [1.54, 1.807) is 13.8 Å². The second-order valence-corrected chi connectivity index (χ2v) is 15.8. The second kappa shape index (κ2) is 12.6. The molecule has 0 bridgehead atoms. The fourth-order valence-electron chi connectivity index (χ4n) is 8.06. The minimum absolute atomic E-state index is 0.532. The summed E-state index contributed by atoms with van der Waals surface area (Å²) in [7, 11) is 0. The van der Waals surface area contributed by atoms with Gasteiger partial charge in [-0.2, -0.15) is 0 Å². The molecule has 3 nitrogen and oxygen atoms in total. The molecule has 1 spiro atoms. The fraction of sp³-hybridized carbons (Fsp3) is 0.143. The van der Waals surface area contributed by atoms with Crippen molar-refractivity contribution in [1.82, 2.24) is 0 Å². The maximum Gasteiger partial charge on any atom is 0.106 e. The predicted octanol–water partition coefficient (Wildman–Crippen LogP) is 12.7. The van der Waals surface area contributed by atoms with Gasteiger partial charge in [0.05, 0.1) is 11.0 Å². The molecular weight excluding hydrogens is 667 g/mol. The molecule has 0 saturated carbocycles. The minimum Gasteiger partial charge on any atom is -0.387 e. The molecule has 1 N–H and O–H groups in total. The molecule has 1 unspecified atom stereocenters. The highest BCUT2D eigenvalue weighted by Gasteiger charge is 2.52. The number of nitrogens with zero attached hydrogens (tertiary/aromatic N) is 1. The minimum atomic E-state index is -1.02. The summed E-state index contributed by atoms with van der Waals surface area (Å²) in [5.74, 6) is 0.